The van der Waals surface area contributed by atoms with Crippen molar-refractivity contribution >= 4 is 17.5 Å². The smallest absolute Gasteiger partial charge is 0.309 e. The van der Waals surface area contributed by atoms with E-state index in [9.17, 15) is 18.7 Å². The number of carbonyl (C=O) groups excluding carboxylic acids is 1. The number of nitrogens with one attached hydrogen (secondary N) is 1. The van der Waals surface area contributed by atoms with Gasteiger partial charge in [0.05, 0.1) is 12.6 Å². The first kappa shape index (κ1) is 22.5. The molecule has 0 aliphatic carbocycles. The molecule has 2 aromatic heterocycles. The third-order valence-corrected chi connectivity index (χ3v) is 5.29. The van der Waals surface area contributed by atoms with E-state index in [4.69, 9.17) is 16.0 Å². The summed E-state index contributed by atoms with van der Waals surface area (Å²) < 4.78 is 34.7. The van der Waals surface area contributed by atoms with Gasteiger partial charge in [0.25, 0.3) is 0 Å². The highest BCUT2D eigenvalue weighted by atomic mass is 35.5. The molecule has 2 atom stereocenters. The number of aliphatic hydroxyl groups is 1. The largest absolute Gasteiger partial charge is 0.412 e. The van der Waals surface area contributed by atoms with Gasteiger partial charge in [-0.05, 0) is 37.3 Å². The molecule has 4 aromatic rings. The molecule has 0 saturated carbocycles. The minimum absolute atomic E-state index is 0.0897. The Balaban J connectivity index is 1.59. The Morgan fingerprint density at radius 1 is 1.24 bits per heavy atom. The predicted molar refractivity (Wildman–Crippen MR) is 112 cm³/mol. The summed E-state index contributed by atoms with van der Waals surface area (Å²) in [5, 5.41) is 26.0. The molecule has 0 saturated heterocycles. The SMILES string of the molecule is C[C@@H](NC(=O)c1nnc(-c2ccc(Cl)cc2)o1)[C@](O)(Cn1cncn1)c1ccc(F)cc1F. The van der Waals surface area contributed by atoms with Gasteiger partial charge in [0, 0.05) is 22.2 Å². The average molecular weight is 475 g/mol. The first-order valence-corrected chi connectivity index (χ1v) is 10.0. The van der Waals surface area contributed by atoms with E-state index in [-0.39, 0.29) is 23.9 Å². The number of carbonyl (C=O) groups is 1. The van der Waals surface area contributed by atoms with Crippen LogP contribution in [0, 0.1) is 11.6 Å². The molecule has 0 spiro atoms. The van der Waals surface area contributed by atoms with Crippen LogP contribution in [0.1, 0.15) is 23.2 Å². The van der Waals surface area contributed by atoms with Gasteiger partial charge in [0.2, 0.25) is 5.89 Å². The Bertz CT molecular complexity index is 1270. The fourth-order valence-electron chi connectivity index (χ4n) is 3.26. The lowest BCUT2D eigenvalue weighted by atomic mass is 9.86. The number of halogens is 3. The predicted octanol–water partition coefficient (Wildman–Crippen LogP) is 2.97. The van der Waals surface area contributed by atoms with Crippen LogP contribution < -0.4 is 5.32 Å². The van der Waals surface area contributed by atoms with Crippen molar-refractivity contribution in [3.05, 3.63) is 83.2 Å². The van der Waals surface area contributed by atoms with Crippen molar-refractivity contribution in [3.8, 4) is 11.5 Å². The summed E-state index contributed by atoms with van der Waals surface area (Å²) in [6.07, 6.45) is 2.55. The van der Waals surface area contributed by atoms with E-state index in [2.05, 4.69) is 25.6 Å². The van der Waals surface area contributed by atoms with Crippen LogP contribution >= 0.6 is 11.6 Å². The highest BCUT2D eigenvalue weighted by Crippen LogP contribution is 2.30. The standard InChI is InChI=1S/C21H17ClF2N6O3/c1-12(27-18(31)20-29-28-19(33-20)13-2-4-14(22)5-3-13)21(32,9-30-11-25-10-26-30)16-7-6-15(23)8-17(16)24/h2-8,10-12,32H,9H2,1H3,(H,27,31)/t12-,21-/m1/s1. The van der Waals surface area contributed by atoms with Crippen LogP contribution in [0.5, 0.6) is 0 Å². The van der Waals surface area contributed by atoms with Crippen molar-refractivity contribution in [2.24, 2.45) is 0 Å². The van der Waals surface area contributed by atoms with Gasteiger partial charge < -0.3 is 14.8 Å². The van der Waals surface area contributed by atoms with E-state index < -0.39 is 29.2 Å². The van der Waals surface area contributed by atoms with Crippen LogP contribution in [0.2, 0.25) is 5.02 Å². The maximum atomic E-state index is 14.6. The lowest BCUT2D eigenvalue weighted by molar-refractivity contribution is -0.0189. The summed E-state index contributed by atoms with van der Waals surface area (Å²) in [6.45, 7) is 1.17. The maximum absolute atomic E-state index is 14.6. The lowest BCUT2D eigenvalue weighted by Crippen LogP contribution is -2.52. The monoisotopic (exact) mass is 474 g/mol. The lowest BCUT2D eigenvalue weighted by Gasteiger charge is -2.34. The molecule has 2 N–H and O–H groups in total. The maximum Gasteiger partial charge on any atom is 0.309 e. The van der Waals surface area contributed by atoms with Gasteiger partial charge in [-0.2, -0.15) is 5.10 Å². The first-order chi connectivity index (χ1) is 15.8. The van der Waals surface area contributed by atoms with E-state index >= 15 is 0 Å². The summed E-state index contributed by atoms with van der Waals surface area (Å²) in [6, 6.07) is 8.22. The molecule has 0 fully saturated rings. The molecule has 0 bridgehead atoms. The van der Waals surface area contributed by atoms with Crippen molar-refractivity contribution in [3.63, 3.8) is 0 Å². The molecule has 4 rings (SSSR count). The van der Waals surface area contributed by atoms with Crippen LogP contribution in [0.3, 0.4) is 0 Å². The zero-order chi connectivity index (χ0) is 23.6. The van der Waals surface area contributed by atoms with Gasteiger partial charge in [-0.25, -0.2) is 18.4 Å². The van der Waals surface area contributed by atoms with Gasteiger partial charge in [0.15, 0.2) is 0 Å². The summed E-state index contributed by atoms with van der Waals surface area (Å²) in [7, 11) is 0. The van der Waals surface area contributed by atoms with Crippen LogP contribution in [0.4, 0.5) is 8.78 Å². The van der Waals surface area contributed by atoms with Crippen molar-refractivity contribution in [2.45, 2.75) is 25.1 Å². The number of benzene rings is 2. The number of hydrogen-bond donors (Lipinski definition) is 2. The number of amides is 1. The fraction of sp³-hybridized carbons (Fsp3) is 0.190. The molecule has 2 heterocycles. The summed E-state index contributed by atoms with van der Waals surface area (Å²) in [4.78, 5) is 16.5. The number of rotatable bonds is 7. The van der Waals surface area contributed by atoms with Crippen molar-refractivity contribution < 1.29 is 23.1 Å². The Morgan fingerprint density at radius 3 is 2.67 bits per heavy atom. The molecule has 0 unspecified atom stereocenters. The van der Waals surface area contributed by atoms with Gasteiger partial charge in [-0.15, -0.1) is 10.2 Å². The van der Waals surface area contributed by atoms with E-state index in [1.165, 1.54) is 24.3 Å². The van der Waals surface area contributed by atoms with Gasteiger partial charge in [0.1, 0.15) is 29.9 Å². The molecule has 2 aromatic carbocycles. The van der Waals surface area contributed by atoms with Crippen LogP contribution in [-0.2, 0) is 12.1 Å². The molecule has 9 nitrogen and oxygen atoms in total. The highest BCUT2D eigenvalue weighted by molar-refractivity contribution is 6.30. The molecule has 0 aliphatic rings. The summed E-state index contributed by atoms with van der Waals surface area (Å²) >= 11 is 5.86. The third-order valence-electron chi connectivity index (χ3n) is 5.04. The zero-order valence-corrected chi connectivity index (χ0v) is 17.9. The molecule has 12 heteroatoms. The van der Waals surface area contributed by atoms with Gasteiger partial charge in [-0.1, -0.05) is 17.7 Å². The first-order valence-electron chi connectivity index (χ1n) is 9.67. The number of hydrogen-bond acceptors (Lipinski definition) is 7. The summed E-state index contributed by atoms with van der Waals surface area (Å²) in [5.41, 5.74) is -1.71. The normalized spacial score (nSPS) is 14.0. The van der Waals surface area contributed by atoms with Crippen LogP contribution in [0.25, 0.3) is 11.5 Å². The minimum Gasteiger partial charge on any atom is -0.412 e. The van der Waals surface area contributed by atoms with Crippen molar-refractivity contribution in [1.82, 2.24) is 30.3 Å². The Kier molecular flexibility index (Phi) is 6.16. The molecule has 0 radical (unpaired) electrons. The number of nitrogens with zero attached hydrogens (tertiary/aromatic N) is 5. The topological polar surface area (TPSA) is 119 Å². The minimum atomic E-state index is -2.03. The zero-order valence-electron chi connectivity index (χ0n) is 17.1. The highest BCUT2D eigenvalue weighted by Gasteiger charge is 2.40. The summed E-state index contributed by atoms with van der Waals surface area (Å²) in [5.74, 6) is -2.87. The quantitative estimate of drug-likeness (QED) is 0.422. The molecular formula is C21H17ClF2N6O3. The van der Waals surface area contributed by atoms with Crippen molar-refractivity contribution in [1.29, 1.82) is 0 Å². The van der Waals surface area contributed by atoms with Crippen LogP contribution in [-0.4, -0.2) is 42.0 Å². The molecule has 33 heavy (non-hydrogen) atoms. The average Bonchev–Trinajstić information content (AvgIpc) is 3.46. The van der Waals surface area contributed by atoms with Gasteiger partial charge in [-0.3, -0.25) is 4.79 Å². The Morgan fingerprint density at radius 2 is 2.00 bits per heavy atom. The second kappa shape index (κ2) is 9.04. The Labute approximate surface area is 191 Å². The fourth-order valence-corrected chi connectivity index (χ4v) is 3.39. The van der Waals surface area contributed by atoms with Crippen molar-refractivity contribution in [2.75, 3.05) is 0 Å². The van der Waals surface area contributed by atoms with Crippen LogP contribution in [0.15, 0.2) is 59.5 Å². The third kappa shape index (κ3) is 4.73. The van der Waals surface area contributed by atoms with E-state index in [1.807, 2.05) is 0 Å². The number of aromatic nitrogens is 5. The molecule has 0 aliphatic heterocycles. The van der Waals surface area contributed by atoms with E-state index in [0.717, 1.165) is 12.1 Å². The molecule has 170 valence electrons. The molecular weight excluding hydrogens is 458 g/mol. The van der Waals surface area contributed by atoms with E-state index in [1.54, 1.807) is 24.3 Å². The second-order valence-electron chi connectivity index (χ2n) is 7.26. The Hall–Kier alpha value is -3.70. The van der Waals surface area contributed by atoms with E-state index in [0.29, 0.717) is 16.7 Å². The molecule has 1 amide bonds. The van der Waals surface area contributed by atoms with Gasteiger partial charge >= 0.3 is 11.8 Å². The second-order valence-corrected chi connectivity index (χ2v) is 7.69.